The van der Waals surface area contributed by atoms with Crippen molar-refractivity contribution < 1.29 is 27.5 Å². The minimum absolute atomic E-state index is 0.0924. The van der Waals surface area contributed by atoms with Gasteiger partial charge in [-0.05, 0) is 25.2 Å². The standard InChI is InChI=1S/C16H25F3N2O3/c1-24-10-2-8-21-13-6-9-20(11-12(13)3-4-15(21)23)14(22)5-7-16(17,18)19/h12-13H,2-11H2,1H3/t12-,13+/m0/s1. The van der Waals surface area contributed by atoms with Gasteiger partial charge in [0.25, 0.3) is 0 Å². The van der Waals surface area contributed by atoms with Crippen LogP contribution in [0.4, 0.5) is 13.2 Å². The van der Waals surface area contributed by atoms with Gasteiger partial charge in [-0.25, -0.2) is 0 Å². The highest BCUT2D eigenvalue weighted by Gasteiger charge is 2.40. The molecule has 0 unspecified atom stereocenters. The van der Waals surface area contributed by atoms with Gasteiger partial charge in [0.2, 0.25) is 11.8 Å². The van der Waals surface area contributed by atoms with Crippen molar-refractivity contribution in [3.8, 4) is 0 Å². The molecule has 0 radical (unpaired) electrons. The number of carbonyl (C=O) groups is 2. The molecule has 2 amide bonds. The van der Waals surface area contributed by atoms with E-state index in [2.05, 4.69) is 0 Å². The van der Waals surface area contributed by atoms with Crippen LogP contribution in [0.15, 0.2) is 0 Å². The number of fused-ring (bicyclic) bond motifs is 1. The number of nitrogens with zero attached hydrogens (tertiary/aromatic N) is 2. The van der Waals surface area contributed by atoms with Gasteiger partial charge in [0.15, 0.2) is 0 Å². The lowest BCUT2D eigenvalue weighted by Crippen LogP contribution is -2.57. The highest BCUT2D eigenvalue weighted by atomic mass is 19.4. The number of carbonyl (C=O) groups excluding carboxylic acids is 2. The maximum Gasteiger partial charge on any atom is 0.389 e. The molecule has 138 valence electrons. The fraction of sp³-hybridized carbons (Fsp3) is 0.875. The first-order valence-corrected chi connectivity index (χ1v) is 8.44. The van der Waals surface area contributed by atoms with Crippen LogP contribution in [0.25, 0.3) is 0 Å². The number of amides is 2. The van der Waals surface area contributed by atoms with Gasteiger partial charge in [0.05, 0.1) is 6.42 Å². The highest BCUT2D eigenvalue weighted by molar-refractivity contribution is 5.78. The number of hydrogen-bond acceptors (Lipinski definition) is 3. The molecule has 2 heterocycles. The first-order chi connectivity index (χ1) is 11.3. The van der Waals surface area contributed by atoms with Gasteiger partial charge in [-0.3, -0.25) is 9.59 Å². The molecule has 8 heteroatoms. The molecule has 24 heavy (non-hydrogen) atoms. The van der Waals surface area contributed by atoms with E-state index in [1.165, 1.54) is 4.90 Å². The van der Waals surface area contributed by atoms with Crippen molar-refractivity contribution in [2.24, 2.45) is 5.92 Å². The number of ether oxygens (including phenoxy) is 1. The molecule has 2 aliphatic rings. The zero-order valence-electron chi connectivity index (χ0n) is 14.0. The van der Waals surface area contributed by atoms with Crippen molar-refractivity contribution in [1.82, 2.24) is 9.80 Å². The largest absolute Gasteiger partial charge is 0.389 e. The lowest BCUT2D eigenvalue weighted by Gasteiger charge is -2.47. The van der Waals surface area contributed by atoms with Crippen LogP contribution >= 0.6 is 0 Å². The van der Waals surface area contributed by atoms with E-state index in [1.807, 2.05) is 4.90 Å². The maximum atomic E-state index is 12.3. The topological polar surface area (TPSA) is 49.9 Å². The Balaban J connectivity index is 1.89. The Kier molecular flexibility index (Phi) is 6.48. The second-order valence-electron chi connectivity index (χ2n) is 6.54. The third-order valence-electron chi connectivity index (χ3n) is 4.87. The van der Waals surface area contributed by atoms with E-state index >= 15 is 0 Å². The molecule has 0 aromatic heterocycles. The average Bonchev–Trinajstić information content (AvgIpc) is 2.53. The van der Waals surface area contributed by atoms with Gasteiger partial charge < -0.3 is 14.5 Å². The SMILES string of the molecule is COCCCN1C(=O)CC[C@H]2CN(C(=O)CCC(F)(F)F)CC[C@H]21. The van der Waals surface area contributed by atoms with Crippen LogP contribution in [0.5, 0.6) is 0 Å². The number of halogens is 3. The summed E-state index contributed by atoms with van der Waals surface area (Å²) in [7, 11) is 1.62. The zero-order valence-corrected chi connectivity index (χ0v) is 14.0. The van der Waals surface area contributed by atoms with E-state index < -0.39 is 24.9 Å². The Morgan fingerprint density at radius 2 is 2.08 bits per heavy atom. The van der Waals surface area contributed by atoms with E-state index in [0.29, 0.717) is 45.5 Å². The summed E-state index contributed by atoms with van der Waals surface area (Å²) in [6, 6.07) is 0.0924. The first-order valence-electron chi connectivity index (χ1n) is 8.44. The van der Waals surface area contributed by atoms with Crippen LogP contribution < -0.4 is 0 Å². The second kappa shape index (κ2) is 8.18. The lowest BCUT2D eigenvalue weighted by molar-refractivity contribution is -0.153. The van der Waals surface area contributed by atoms with Crippen LogP contribution in [-0.4, -0.2) is 67.2 Å². The first kappa shape index (κ1) is 19.0. The molecule has 2 fully saturated rings. The Morgan fingerprint density at radius 3 is 2.75 bits per heavy atom. The van der Waals surface area contributed by atoms with Crippen LogP contribution in [0.1, 0.15) is 38.5 Å². The van der Waals surface area contributed by atoms with Gasteiger partial charge in [0.1, 0.15) is 0 Å². The minimum Gasteiger partial charge on any atom is -0.385 e. The van der Waals surface area contributed by atoms with E-state index in [4.69, 9.17) is 4.74 Å². The molecule has 0 N–H and O–H groups in total. The van der Waals surface area contributed by atoms with Crippen molar-refractivity contribution in [1.29, 1.82) is 0 Å². The van der Waals surface area contributed by atoms with Crippen molar-refractivity contribution >= 4 is 11.8 Å². The molecule has 0 aliphatic carbocycles. The number of methoxy groups -OCH3 is 1. The van der Waals surface area contributed by atoms with E-state index in [9.17, 15) is 22.8 Å². The monoisotopic (exact) mass is 350 g/mol. The van der Waals surface area contributed by atoms with Crippen molar-refractivity contribution in [3.05, 3.63) is 0 Å². The molecule has 0 bridgehead atoms. The predicted molar refractivity (Wildman–Crippen MR) is 81.2 cm³/mol. The summed E-state index contributed by atoms with van der Waals surface area (Å²) in [4.78, 5) is 27.6. The van der Waals surface area contributed by atoms with Crippen LogP contribution in [0.3, 0.4) is 0 Å². The summed E-state index contributed by atoms with van der Waals surface area (Å²) in [5.74, 6) is -0.147. The number of hydrogen-bond donors (Lipinski definition) is 0. The maximum absolute atomic E-state index is 12.3. The van der Waals surface area contributed by atoms with Crippen molar-refractivity contribution in [3.63, 3.8) is 0 Å². The summed E-state index contributed by atoms with van der Waals surface area (Å²) >= 11 is 0. The fourth-order valence-corrected chi connectivity index (χ4v) is 3.65. The summed E-state index contributed by atoms with van der Waals surface area (Å²) < 4.78 is 41.8. The zero-order chi connectivity index (χ0) is 17.7. The normalized spacial score (nSPS) is 24.9. The van der Waals surface area contributed by atoms with E-state index in [-0.39, 0.29) is 17.9 Å². The molecule has 2 rings (SSSR count). The molecule has 2 aliphatic heterocycles. The summed E-state index contributed by atoms with van der Waals surface area (Å²) in [5.41, 5.74) is 0. The van der Waals surface area contributed by atoms with Crippen molar-refractivity contribution in [2.45, 2.75) is 50.7 Å². The Bertz CT molecular complexity index is 456. The summed E-state index contributed by atoms with van der Waals surface area (Å²) in [6.07, 6.45) is -3.31. The highest BCUT2D eigenvalue weighted by Crippen LogP contribution is 2.32. The Hall–Kier alpha value is -1.31. The minimum atomic E-state index is -4.30. The Morgan fingerprint density at radius 1 is 1.33 bits per heavy atom. The predicted octanol–water partition coefficient (Wildman–Crippen LogP) is 2.20. The number of likely N-dealkylation sites (tertiary alicyclic amines) is 2. The molecular weight excluding hydrogens is 325 g/mol. The number of piperidine rings is 2. The number of rotatable bonds is 6. The fourth-order valence-electron chi connectivity index (χ4n) is 3.65. The lowest BCUT2D eigenvalue weighted by atomic mass is 9.83. The van der Waals surface area contributed by atoms with Crippen molar-refractivity contribution in [2.75, 3.05) is 33.4 Å². The Labute approximate surface area is 140 Å². The molecule has 0 spiro atoms. The molecule has 2 atom stereocenters. The molecule has 5 nitrogen and oxygen atoms in total. The average molecular weight is 350 g/mol. The quantitative estimate of drug-likeness (QED) is 0.690. The smallest absolute Gasteiger partial charge is 0.385 e. The molecule has 2 saturated heterocycles. The molecule has 0 aromatic carbocycles. The third-order valence-corrected chi connectivity index (χ3v) is 4.87. The van der Waals surface area contributed by atoms with Gasteiger partial charge in [-0.15, -0.1) is 0 Å². The van der Waals surface area contributed by atoms with Crippen LogP contribution in [0, 0.1) is 5.92 Å². The number of alkyl halides is 3. The van der Waals surface area contributed by atoms with Crippen LogP contribution in [-0.2, 0) is 14.3 Å². The summed E-state index contributed by atoms with van der Waals surface area (Å²) in [5, 5.41) is 0. The third kappa shape index (κ3) is 5.09. The van der Waals surface area contributed by atoms with Crippen LogP contribution in [0.2, 0.25) is 0 Å². The van der Waals surface area contributed by atoms with Gasteiger partial charge >= 0.3 is 6.18 Å². The van der Waals surface area contributed by atoms with E-state index in [0.717, 1.165) is 6.42 Å². The molecular formula is C16H25F3N2O3. The van der Waals surface area contributed by atoms with E-state index in [1.54, 1.807) is 7.11 Å². The molecule has 0 aromatic rings. The second-order valence-corrected chi connectivity index (χ2v) is 6.54. The molecule has 0 saturated carbocycles. The van der Waals surface area contributed by atoms with Gasteiger partial charge in [-0.1, -0.05) is 0 Å². The van der Waals surface area contributed by atoms with Gasteiger partial charge in [0, 0.05) is 52.2 Å². The van der Waals surface area contributed by atoms with Gasteiger partial charge in [-0.2, -0.15) is 13.2 Å². The summed E-state index contributed by atoms with van der Waals surface area (Å²) in [6.45, 7) is 2.10.